The molecule has 1 aliphatic rings. The predicted octanol–water partition coefficient (Wildman–Crippen LogP) is 2.75. The molecule has 94 valence electrons. The number of hydrogen-bond acceptors (Lipinski definition) is 5. The van der Waals surface area contributed by atoms with Gasteiger partial charge in [0, 0.05) is 36.9 Å². The lowest BCUT2D eigenvalue weighted by molar-refractivity contribution is 0.949. The summed E-state index contributed by atoms with van der Waals surface area (Å²) in [5.41, 5.74) is 2.70. The van der Waals surface area contributed by atoms with Crippen LogP contribution in [0.5, 0.6) is 0 Å². The van der Waals surface area contributed by atoms with Gasteiger partial charge in [-0.2, -0.15) is 0 Å². The zero-order valence-corrected chi connectivity index (χ0v) is 11.0. The summed E-state index contributed by atoms with van der Waals surface area (Å²) in [6, 6.07) is 8.62. The summed E-state index contributed by atoms with van der Waals surface area (Å²) in [4.78, 5) is 2.47. The maximum absolute atomic E-state index is 3.85. The minimum absolute atomic E-state index is 0.830. The number of aromatic nitrogens is 2. The van der Waals surface area contributed by atoms with Crippen molar-refractivity contribution in [2.24, 2.45) is 0 Å². The van der Waals surface area contributed by atoms with Crippen molar-refractivity contribution < 1.29 is 0 Å². The molecule has 1 aromatic carbocycles. The zero-order chi connectivity index (χ0) is 12.2. The van der Waals surface area contributed by atoms with Crippen molar-refractivity contribution in [3.05, 3.63) is 36.0 Å². The molecular formula is C13H16N4S. The lowest BCUT2D eigenvalue weighted by Gasteiger charge is -2.21. The number of benzene rings is 1. The van der Waals surface area contributed by atoms with Crippen molar-refractivity contribution in [1.82, 2.24) is 9.59 Å². The first-order valence-electron chi connectivity index (χ1n) is 6.27. The molecule has 0 amide bonds. The molecule has 4 nitrogen and oxygen atoms in total. The van der Waals surface area contributed by atoms with Gasteiger partial charge < -0.3 is 10.2 Å². The van der Waals surface area contributed by atoms with E-state index < -0.39 is 0 Å². The molecule has 5 heteroatoms. The highest BCUT2D eigenvalue weighted by molar-refractivity contribution is 7.09. The van der Waals surface area contributed by atoms with Crippen LogP contribution in [0.25, 0.3) is 0 Å². The molecule has 1 N–H and O–H groups in total. The van der Waals surface area contributed by atoms with Gasteiger partial charge >= 0.3 is 0 Å². The van der Waals surface area contributed by atoms with Crippen LogP contribution in [-0.2, 0) is 6.54 Å². The molecule has 0 spiro atoms. The lowest BCUT2D eigenvalue weighted by Crippen LogP contribution is -2.19. The van der Waals surface area contributed by atoms with E-state index in [2.05, 4.69) is 44.1 Å². The Bertz CT molecular complexity index is 491. The van der Waals surface area contributed by atoms with Crippen LogP contribution in [0.4, 0.5) is 10.7 Å². The van der Waals surface area contributed by atoms with Crippen molar-refractivity contribution in [3.8, 4) is 0 Å². The smallest absolute Gasteiger partial charge is 0.130 e. The third-order valence-electron chi connectivity index (χ3n) is 3.25. The van der Waals surface area contributed by atoms with Crippen molar-refractivity contribution in [2.75, 3.05) is 23.3 Å². The Morgan fingerprint density at radius 1 is 1.22 bits per heavy atom. The van der Waals surface area contributed by atoms with Crippen LogP contribution in [0.15, 0.2) is 30.5 Å². The van der Waals surface area contributed by atoms with E-state index in [1.807, 2.05) is 0 Å². The third kappa shape index (κ3) is 2.46. The van der Waals surface area contributed by atoms with E-state index in [0.717, 1.165) is 11.5 Å². The van der Waals surface area contributed by atoms with E-state index in [4.69, 9.17) is 0 Å². The molecule has 0 atom stereocenters. The quantitative estimate of drug-likeness (QED) is 0.917. The molecule has 1 aliphatic heterocycles. The van der Waals surface area contributed by atoms with Crippen LogP contribution < -0.4 is 10.2 Å². The van der Waals surface area contributed by atoms with Gasteiger partial charge in [0.2, 0.25) is 0 Å². The van der Waals surface area contributed by atoms with E-state index in [0.29, 0.717) is 0 Å². The number of para-hydroxylation sites is 1. The third-order valence-corrected chi connectivity index (χ3v) is 3.88. The Morgan fingerprint density at radius 3 is 2.83 bits per heavy atom. The van der Waals surface area contributed by atoms with Gasteiger partial charge in [0.1, 0.15) is 5.00 Å². The van der Waals surface area contributed by atoms with E-state index in [1.165, 1.54) is 48.7 Å². The monoisotopic (exact) mass is 260 g/mol. The van der Waals surface area contributed by atoms with Gasteiger partial charge in [-0.15, -0.1) is 5.10 Å². The predicted molar refractivity (Wildman–Crippen MR) is 75.1 cm³/mol. The molecule has 0 unspecified atom stereocenters. The molecule has 1 fully saturated rings. The summed E-state index contributed by atoms with van der Waals surface area (Å²) >= 11 is 1.39. The van der Waals surface area contributed by atoms with Crippen LogP contribution in [0.2, 0.25) is 0 Å². The second-order valence-corrected chi connectivity index (χ2v) is 5.24. The zero-order valence-electron chi connectivity index (χ0n) is 10.2. The summed E-state index contributed by atoms with van der Waals surface area (Å²) in [6.45, 7) is 3.19. The maximum Gasteiger partial charge on any atom is 0.130 e. The molecule has 1 saturated heterocycles. The summed E-state index contributed by atoms with van der Waals surface area (Å²) in [5, 5.41) is 8.22. The molecule has 18 heavy (non-hydrogen) atoms. The Balaban J connectivity index is 1.74. The molecule has 0 saturated carbocycles. The lowest BCUT2D eigenvalue weighted by atomic mass is 10.1. The van der Waals surface area contributed by atoms with Crippen molar-refractivity contribution in [2.45, 2.75) is 19.4 Å². The summed E-state index contributed by atoms with van der Waals surface area (Å²) in [7, 11) is 0. The number of nitrogens with zero attached hydrogens (tertiary/aromatic N) is 3. The largest absolute Gasteiger partial charge is 0.371 e. The van der Waals surface area contributed by atoms with Gasteiger partial charge in [-0.25, -0.2) is 0 Å². The van der Waals surface area contributed by atoms with E-state index in [9.17, 15) is 0 Å². The fourth-order valence-corrected chi connectivity index (χ4v) is 2.77. The van der Waals surface area contributed by atoms with Gasteiger partial charge in [-0.05, 0) is 24.5 Å². The van der Waals surface area contributed by atoms with Gasteiger partial charge in [-0.3, -0.25) is 0 Å². The van der Waals surface area contributed by atoms with Gasteiger partial charge in [0.25, 0.3) is 0 Å². The highest BCUT2D eigenvalue weighted by Crippen LogP contribution is 2.25. The molecule has 2 aromatic rings. The molecular weight excluding hydrogens is 244 g/mol. The number of hydrogen-bond donors (Lipinski definition) is 1. The first-order chi connectivity index (χ1) is 8.93. The first kappa shape index (κ1) is 11.5. The summed E-state index contributed by atoms with van der Waals surface area (Å²) < 4.78 is 3.85. The van der Waals surface area contributed by atoms with Crippen LogP contribution in [0.3, 0.4) is 0 Å². The minimum Gasteiger partial charge on any atom is -0.371 e. The molecule has 0 bridgehead atoms. The summed E-state index contributed by atoms with van der Waals surface area (Å²) in [6.07, 6.45) is 4.38. The van der Waals surface area contributed by atoms with Gasteiger partial charge in [0.15, 0.2) is 0 Å². The Labute approximate surface area is 111 Å². The molecule has 2 heterocycles. The average Bonchev–Trinajstić information content (AvgIpc) is 3.10. The van der Waals surface area contributed by atoms with Gasteiger partial charge in [0.05, 0.1) is 6.20 Å². The topological polar surface area (TPSA) is 41.0 Å². The van der Waals surface area contributed by atoms with Crippen molar-refractivity contribution in [1.29, 1.82) is 0 Å². The second kappa shape index (κ2) is 5.35. The SMILES string of the molecule is c1ccc(N2CCCC2)c(CNc2cnns2)c1. The molecule has 0 radical (unpaired) electrons. The maximum atomic E-state index is 3.85. The van der Waals surface area contributed by atoms with Crippen molar-refractivity contribution >= 4 is 22.2 Å². The number of nitrogens with one attached hydrogen (secondary N) is 1. The van der Waals surface area contributed by atoms with Crippen LogP contribution in [0, 0.1) is 0 Å². The fraction of sp³-hybridized carbons (Fsp3) is 0.385. The van der Waals surface area contributed by atoms with Crippen LogP contribution in [0.1, 0.15) is 18.4 Å². The standard InChI is InChI=1S/C13H16N4S/c1-2-6-12(17-7-3-4-8-17)11(5-1)9-14-13-10-15-16-18-13/h1-2,5-6,10,14H,3-4,7-9H2. The van der Waals surface area contributed by atoms with Crippen molar-refractivity contribution in [3.63, 3.8) is 0 Å². The average molecular weight is 260 g/mol. The minimum atomic E-state index is 0.830. The normalized spacial score (nSPS) is 15.0. The molecule has 3 rings (SSSR count). The number of anilines is 2. The second-order valence-electron chi connectivity index (χ2n) is 4.46. The molecule has 0 aliphatic carbocycles. The Kier molecular flexibility index (Phi) is 3.41. The van der Waals surface area contributed by atoms with Crippen LogP contribution >= 0.6 is 11.5 Å². The summed E-state index contributed by atoms with van der Waals surface area (Å²) in [5.74, 6) is 0. The van der Waals surface area contributed by atoms with E-state index >= 15 is 0 Å². The fourth-order valence-electron chi connectivity index (χ4n) is 2.35. The van der Waals surface area contributed by atoms with Gasteiger partial charge in [-0.1, -0.05) is 22.7 Å². The Hall–Kier alpha value is -1.62. The first-order valence-corrected chi connectivity index (χ1v) is 7.05. The van der Waals surface area contributed by atoms with E-state index in [-0.39, 0.29) is 0 Å². The Morgan fingerprint density at radius 2 is 2.06 bits per heavy atom. The van der Waals surface area contributed by atoms with E-state index in [1.54, 1.807) is 6.20 Å². The number of rotatable bonds is 4. The van der Waals surface area contributed by atoms with Crippen LogP contribution in [-0.4, -0.2) is 22.7 Å². The highest BCUT2D eigenvalue weighted by Gasteiger charge is 2.14. The highest BCUT2D eigenvalue weighted by atomic mass is 32.1. The molecule has 1 aromatic heterocycles.